The Labute approximate surface area is 181 Å². The number of rotatable bonds is 10. The minimum atomic E-state index is -3.63. The molecule has 1 amide bonds. The molecule has 4 N–H and O–H groups in total. The van der Waals surface area contributed by atoms with Gasteiger partial charge in [0.25, 0.3) is 5.91 Å². The van der Waals surface area contributed by atoms with Gasteiger partial charge in [0, 0.05) is 24.0 Å². The van der Waals surface area contributed by atoms with Gasteiger partial charge in [0.05, 0.1) is 17.1 Å². The second-order valence-electron chi connectivity index (χ2n) is 7.03. The van der Waals surface area contributed by atoms with E-state index in [1.165, 1.54) is 31.2 Å². The number of aliphatic hydroxyl groups is 1. The largest absolute Gasteiger partial charge is 0.449 e. The SMILES string of the molecule is CC(C)NS(=O)(=O)c1ccc(NC(=O)C(C)OC(=O)c2ccccc2NCCO)cc1. The first kappa shape index (κ1) is 24.3. The summed E-state index contributed by atoms with van der Waals surface area (Å²) in [7, 11) is -3.63. The molecule has 168 valence electrons. The quantitative estimate of drug-likeness (QED) is 0.407. The van der Waals surface area contributed by atoms with Crippen molar-refractivity contribution < 1.29 is 27.9 Å². The van der Waals surface area contributed by atoms with Crippen molar-refractivity contribution in [1.29, 1.82) is 0 Å². The van der Waals surface area contributed by atoms with Gasteiger partial charge in [-0.3, -0.25) is 4.79 Å². The predicted octanol–water partition coefficient (Wildman–Crippen LogP) is 1.96. The lowest BCUT2D eigenvalue weighted by molar-refractivity contribution is -0.123. The second-order valence-corrected chi connectivity index (χ2v) is 8.75. The number of sulfonamides is 1. The van der Waals surface area contributed by atoms with Gasteiger partial charge in [0.2, 0.25) is 10.0 Å². The third-order valence-electron chi connectivity index (χ3n) is 4.05. The van der Waals surface area contributed by atoms with Crippen LogP contribution in [-0.2, 0) is 19.6 Å². The van der Waals surface area contributed by atoms with E-state index in [0.717, 1.165) is 0 Å². The Hall–Kier alpha value is -2.95. The highest BCUT2D eigenvalue weighted by Gasteiger charge is 2.21. The number of esters is 1. The molecule has 0 radical (unpaired) electrons. The maximum atomic E-state index is 12.5. The number of aliphatic hydroxyl groups excluding tert-OH is 1. The van der Waals surface area contributed by atoms with Gasteiger partial charge in [-0.2, -0.15) is 0 Å². The minimum Gasteiger partial charge on any atom is -0.449 e. The molecule has 1 unspecified atom stereocenters. The summed E-state index contributed by atoms with van der Waals surface area (Å²) in [6.07, 6.45) is -1.09. The Morgan fingerprint density at radius 2 is 1.68 bits per heavy atom. The average molecular weight is 450 g/mol. The van der Waals surface area contributed by atoms with E-state index in [1.54, 1.807) is 38.1 Å². The maximum Gasteiger partial charge on any atom is 0.341 e. The molecule has 0 aromatic heterocycles. The van der Waals surface area contributed by atoms with Gasteiger partial charge in [-0.1, -0.05) is 12.1 Å². The minimum absolute atomic E-state index is 0.0747. The van der Waals surface area contributed by atoms with Crippen LogP contribution in [0.25, 0.3) is 0 Å². The molecule has 0 aliphatic carbocycles. The van der Waals surface area contributed by atoms with E-state index in [0.29, 0.717) is 11.4 Å². The molecule has 10 heteroatoms. The number of amides is 1. The zero-order valence-corrected chi connectivity index (χ0v) is 18.4. The summed E-state index contributed by atoms with van der Waals surface area (Å²) < 4.78 is 32.0. The second kappa shape index (κ2) is 10.9. The fraction of sp³-hybridized carbons (Fsp3) is 0.333. The monoisotopic (exact) mass is 449 g/mol. The summed E-state index contributed by atoms with van der Waals surface area (Å²) in [5.74, 6) is -1.25. The standard InChI is InChI=1S/C21H27N3O6S/c1-14(2)24-31(28,29)17-10-8-16(9-11-17)23-20(26)15(3)30-21(27)18-6-4-5-7-19(18)22-12-13-25/h4-11,14-15,22,24-25H,12-13H2,1-3H3,(H,23,26). The third-order valence-corrected chi connectivity index (χ3v) is 5.72. The zero-order chi connectivity index (χ0) is 23.0. The molecule has 0 saturated heterocycles. The molecule has 0 saturated carbocycles. The number of hydrogen-bond donors (Lipinski definition) is 4. The molecule has 0 heterocycles. The fourth-order valence-electron chi connectivity index (χ4n) is 2.62. The first-order chi connectivity index (χ1) is 14.6. The van der Waals surface area contributed by atoms with Gasteiger partial charge >= 0.3 is 5.97 Å². The maximum absolute atomic E-state index is 12.5. The third kappa shape index (κ3) is 7.06. The lowest BCUT2D eigenvalue weighted by Crippen LogP contribution is -2.31. The van der Waals surface area contributed by atoms with Crippen molar-refractivity contribution >= 4 is 33.3 Å². The fourth-order valence-corrected chi connectivity index (χ4v) is 3.87. The first-order valence-corrected chi connectivity index (χ1v) is 11.2. The summed E-state index contributed by atoms with van der Waals surface area (Å²) in [5.41, 5.74) is 1.09. The van der Waals surface area contributed by atoms with Crippen LogP contribution in [0.15, 0.2) is 53.4 Å². The molecule has 0 spiro atoms. The molecule has 0 bridgehead atoms. The number of nitrogens with one attached hydrogen (secondary N) is 3. The van der Waals surface area contributed by atoms with Crippen LogP contribution in [0.3, 0.4) is 0 Å². The van der Waals surface area contributed by atoms with E-state index in [2.05, 4.69) is 15.4 Å². The Morgan fingerprint density at radius 3 is 2.29 bits per heavy atom. The number of ether oxygens (including phenoxy) is 1. The number of carbonyl (C=O) groups is 2. The van der Waals surface area contributed by atoms with E-state index < -0.39 is 28.0 Å². The van der Waals surface area contributed by atoms with Crippen LogP contribution in [0.5, 0.6) is 0 Å². The smallest absolute Gasteiger partial charge is 0.341 e. The van der Waals surface area contributed by atoms with Crippen LogP contribution < -0.4 is 15.4 Å². The van der Waals surface area contributed by atoms with Gasteiger partial charge in [0.15, 0.2) is 6.10 Å². The lowest BCUT2D eigenvalue weighted by Gasteiger charge is -2.16. The number of carbonyl (C=O) groups excluding carboxylic acids is 2. The van der Waals surface area contributed by atoms with Gasteiger partial charge in [-0.05, 0) is 57.2 Å². The van der Waals surface area contributed by atoms with Crippen molar-refractivity contribution in [2.45, 2.75) is 37.8 Å². The van der Waals surface area contributed by atoms with Crippen LogP contribution >= 0.6 is 0 Å². The topological polar surface area (TPSA) is 134 Å². The zero-order valence-electron chi connectivity index (χ0n) is 17.6. The molecular weight excluding hydrogens is 422 g/mol. The Morgan fingerprint density at radius 1 is 1.03 bits per heavy atom. The van der Waals surface area contributed by atoms with E-state index in [-0.39, 0.29) is 29.7 Å². The molecule has 0 aliphatic heterocycles. The molecular formula is C21H27N3O6S. The molecule has 31 heavy (non-hydrogen) atoms. The van der Waals surface area contributed by atoms with Crippen molar-refractivity contribution in [3.05, 3.63) is 54.1 Å². The summed E-state index contributed by atoms with van der Waals surface area (Å²) in [4.78, 5) is 24.9. The first-order valence-electron chi connectivity index (χ1n) is 9.72. The molecule has 2 rings (SSSR count). The highest BCUT2D eigenvalue weighted by Crippen LogP contribution is 2.18. The van der Waals surface area contributed by atoms with Gasteiger partial charge in [-0.25, -0.2) is 17.9 Å². The van der Waals surface area contributed by atoms with E-state index in [1.807, 2.05) is 0 Å². The molecule has 9 nitrogen and oxygen atoms in total. The summed E-state index contributed by atoms with van der Waals surface area (Å²) >= 11 is 0. The highest BCUT2D eigenvalue weighted by atomic mass is 32.2. The summed E-state index contributed by atoms with van der Waals surface area (Å²) in [5, 5.41) is 14.4. The van der Waals surface area contributed by atoms with Crippen LogP contribution in [-0.4, -0.2) is 50.7 Å². The van der Waals surface area contributed by atoms with Crippen LogP contribution in [0.4, 0.5) is 11.4 Å². The predicted molar refractivity (Wildman–Crippen MR) is 117 cm³/mol. The van der Waals surface area contributed by atoms with Crippen molar-refractivity contribution in [3.63, 3.8) is 0 Å². The number of hydrogen-bond acceptors (Lipinski definition) is 7. The molecule has 2 aromatic rings. The van der Waals surface area contributed by atoms with Crippen LogP contribution in [0.1, 0.15) is 31.1 Å². The van der Waals surface area contributed by atoms with E-state index in [9.17, 15) is 18.0 Å². The molecule has 1 atom stereocenters. The number of anilines is 2. The van der Waals surface area contributed by atoms with Crippen molar-refractivity contribution in [2.24, 2.45) is 0 Å². The van der Waals surface area contributed by atoms with Crippen molar-refractivity contribution in [2.75, 3.05) is 23.8 Å². The Bertz CT molecular complexity index is 1010. The average Bonchev–Trinajstić information content (AvgIpc) is 2.71. The van der Waals surface area contributed by atoms with Gasteiger partial charge < -0.3 is 20.5 Å². The van der Waals surface area contributed by atoms with Crippen molar-refractivity contribution in [3.8, 4) is 0 Å². The molecule has 0 fully saturated rings. The van der Waals surface area contributed by atoms with Crippen molar-refractivity contribution in [1.82, 2.24) is 4.72 Å². The Kier molecular flexibility index (Phi) is 8.55. The van der Waals surface area contributed by atoms with E-state index >= 15 is 0 Å². The molecule has 0 aliphatic rings. The highest BCUT2D eigenvalue weighted by molar-refractivity contribution is 7.89. The number of para-hydroxylation sites is 1. The van der Waals surface area contributed by atoms with E-state index in [4.69, 9.17) is 9.84 Å². The normalized spacial score (nSPS) is 12.3. The van der Waals surface area contributed by atoms with Gasteiger partial charge in [-0.15, -0.1) is 0 Å². The summed E-state index contributed by atoms with van der Waals surface area (Å²) in [6, 6.07) is 12.0. The van der Waals surface area contributed by atoms with Crippen LogP contribution in [0.2, 0.25) is 0 Å². The lowest BCUT2D eigenvalue weighted by atomic mass is 10.1. The van der Waals surface area contributed by atoms with Gasteiger partial charge in [0.1, 0.15) is 0 Å². The Balaban J connectivity index is 2.01. The molecule has 2 aromatic carbocycles. The number of benzene rings is 2. The van der Waals surface area contributed by atoms with Crippen LogP contribution in [0, 0.1) is 0 Å². The summed E-state index contributed by atoms with van der Waals surface area (Å²) in [6.45, 7) is 5.03.